The maximum Gasteiger partial charge on any atom is 0.257 e. The Morgan fingerprint density at radius 3 is 2.77 bits per heavy atom. The van der Waals surface area contributed by atoms with Gasteiger partial charge in [0.2, 0.25) is 0 Å². The number of hydrogen-bond donors (Lipinski definition) is 0. The third-order valence-corrected chi connectivity index (χ3v) is 5.45. The number of aromatic nitrogens is 2. The van der Waals surface area contributed by atoms with Gasteiger partial charge in [0.1, 0.15) is 11.6 Å². The van der Waals surface area contributed by atoms with Gasteiger partial charge in [-0.15, -0.1) is 0 Å². The van der Waals surface area contributed by atoms with Crippen LogP contribution in [0.15, 0.2) is 60.9 Å². The maximum atomic E-state index is 14.3. The Morgan fingerprint density at radius 1 is 1.23 bits per heavy atom. The number of halogens is 1. The number of ether oxygens (including phenoxy) is 1. The molecule has 2 heterocycles. The van der Waals surface area contributed by atoms with Crippen LogP contribution in [-0.2, 0) is 17.8 Å². The van der Waals surface area contributed by atoms with Crippen molar-refractivity contribution in [3.05, 3.63) is 89.3 Å². The molecule has 0 aliphatic carbocycles. The predicted octanol–water partition coefficient (Wildman–Crippen LogP) is 4.20. The summed E-state index contributed by atoms with van der Waals surface area (Å²) in [5, 5.41) is 0. The van der Waals surface area contributed by atoms with Crippen LogP contribution in [0.25, 0.3) is 0 Å². The summed E-state index contributed by atoms with van der Waals surface area (Å²) in [4.78, 5) is 19.3. The summed E-state index contributed by atoms with van der Waals surface area (Å²) in [6, 6.07) is 14.5. The van der Waals surface area contributed by atoms with E-state index in [9.17, 15) is 9.18 Å². The molecule has 3 aromatic rings. The van der Waals surface area contributed by atoms with E-state index in [1.807, 2.05) is 10.8 Å². The van der Waals surface area contributed by atoms with Crippen molar-refractivity contribution < 1.29 is 13.9 Å². The SMILES string of the molecule is Cc1ccc(Cn2ccnc2CN(CC2CCCO2)C(=O)c2ccccc2F)cc1. The van der Waals surface area contributed by atoms with Gasteiger partial charge in [0.15, 0.2) is 0 Å². The second kappa shape index (κ2) is 9.22. The monoisotopic (exact) mass is 407 g/mol. The minimum absolute atomic E-state index is 0.0266. The molecule has 1 saturated heterocycles. The first-order valence-electron chi connectivity index (χ1n) is 10.3. The molecule has 0 spiro atoms. The Balaban J connectivity index is 1.56. The van der Waals surface area contributed by atoms with Crippen LogP contribution in [0.1, 0.15) is 40.2 Å². The Hall–Kier alpha value is -2.99. The van der Waals surface area contributed by atoms with Crippen molar-refractivity contribution in [2.24, 2.45) is 0 Å². The zero-order valence-corrected chi connectivity index (χ0v) is 17.1. The maximum absolute atomic E-state index is 14.3. The molecule has 1 aromatic heterocycles. The van der Waals surface area contributed by atoms with Crippen LogP contribution in [0.5, 0.6) is 0 Å². The van der Waals surface area contributed by atoms with Crippen LogP contribution >= 0.6 is 0 Å². The zero-order chi connectivity index (χ0) is 20.9. The second-order valence-electron chi connectivity index (χ2n) is 7.76. The molecule has 0 N–H and O–H groups in total. The zero-order valence-electron chi connectivity index (χ0n) is 17.1. The van der Waals surface area contributed by atoms with Gasteiger partial charge in [-0.1, -0.05) is 42.0 Å². The molecule has 1 amide bonds. The summed E-state index contributed by atoms with van der Waals surface area (Å²) < 4.78 is 22.1. The van der Waals surface area contributed by atoms with Crippen LogP contribution < -0.4 is 0 Å². The van der Waals surface area contributed by atoms with Crippen molar-refractivity contribution in [3.8, 4) is 0 Å². The summed E-state index contributed by atoms with van der Waals surface area (Å²) in [5.41, 5.74) is 2.45. The van der Waals surface area contributed by atoms with E-state index in [2.05, 4.69) is 36.2 Å². The van der Waals surface area contributed by atoms with Crippen LogP contribution in [0.4, 0.5) is 4.39 Å². The molecule has 1 aliphatic heterocycles. The summed E-state index contributed by atoms with van der Waals surface area (Å²) in [5.74, 6) is -0.0883. The van der Waals surface area contributed by atoms with Gasteiger partial charge in [-0.05, 0) is 37.5 Å². The van der Waals surface area contributed by atoms with E-state index in [0.717, 1.165) is 24.2 Å². The second-order valence-corrected chi connectivity index (χ2v) is 7.76. The molecule has 2 aromatic carbocycles. The molecule has 0 bridgehead atoms. The van der Waals surface area contributed by atoms with Gasteiger partial charge < -0.3 is 14.2 Å². The predicted molar refractivity (Wildman–Crippen MR) is 113 cm³/mol. The van der Waals surface area contributed by atoms with Crippen LogP contribution in [0.2, 0.25) is 0 Å². The van der Waals surface area contributed by atoms with Crippen molar-refractivity contribution in [2.75, 3.05) is 13.2 Å². The molecule has 1 aliphatic rings. The molecular weight excluding hydrogens is 381 g/mol. The first kappa shape index (κ1) is 20.3. The number of carbonyl (C=O) groups excluding carboxylic acids is 1. The quantitative estimate of drug-likeness (QED) is 0.590. The van der Waals surface area contributed by atoms with Crippen LogP contribution in [-0.4, -0.2) is 39.6 Å². The lowest BCUT2D eigenvalue weighted by Gasteiger charge is -2.26. The first-order valence-corrected chi connectivity index (χ1v) is 10.3. The molecule has 1 atom stereocenters. The van der Waals surface area contributed by atoms with Crippen molar-refractivity contribution in [3.63, 3.8) is 0 Å². The molecule has 5 nitrogen and oxygen atoms in total. The van der Waals surface area contributed by atoms with E-state index >= 15 is 0 Å². The molecule has 6 heteroatoms. The minimum Gasteiger partial charge on any atom is -0.376 e. The molecular formula is C24H26FN3O2. The van der Waals surface area contributed by atoms with E-state index < -0.39 is 5.82 Å². The summed E-state index contributed by atoms with van der Waals surface area (Å²) >= 11 is 0. The molecule has 156 valence electrons. The van der Waals surface area contributed by atoms with Crippen molar-refractivity contribution in [1.29, 1.82) is 0 Å². The average molecular weight is 407 g/mol. The van der Waals surface area contributed by atoms with E-state index in [1.165, 1.54) is 17.7 Å². The van der Waals surface area contributed by atoms with Crippen molar-refractivity contribution in [2.45, 2.75) is 39.0 Å². The number of imidazole rings is 1. The van der Waals surface area contributed by atoms with Gasteiger partial charge in [-0.3, -0.25) is 4.79 Å². The van der Waals surface area contributed by atoms with Gasteiger partial charge in [-0.25, -0.2) is 9.37 Å². The molecule has 1 unspecified atom stereocenters. The molecule has 30 heavy (non-hydrogen) atoms. The molecule has 4 rings (SSSR count). The van der Waals surface area contributed by atoms with Gasteiger partial charge >= 0.3 is 0 Å². The third kappa shape index (κ3) is 4.76. The van der Waals surface area contributed by atoms with Crippen LogP contribution in [0.3, 0.4) is 0 Å². The molecule has 0 saturated carbocycles. The first-order chi connectivity index (χ1) is 14.6. The van der Waals surface area contributed by atoms with Gasteiger partial charge in [-0.2, -0.15) is 0 Å². The van der Waals surface area contributed by atoms with E-state index in [1.54, 1.807) is 23.2 Å². The highest BCUT2D eigenvalue weighted by Gasteiger charge is 2.26. The average Bonchev–Trinajstić information content (AvgIpc) is 3.41. The summed E-state index contributed by atoms with van der Waals surface area (Å²) in [7, 11) is 0. The Morgan fingerprint density at radius 2 is 2.03 bits per heavy atom. The van der Waals surface area contributed by atoms with Crippen molar-refractivity contribution >= 4 is 5.91 Å². The number of benzene rings is 2. The fourth-order valence-electron chi connectivity index (χ4n) is 3.75. The Kier molecular flexibility index (Phi) is 6.23. The van der Waals surface area contributed by atoms with E-state index in [0.29, 0.717) is 26.2 Å². The van der Waals surface area contributed by atoms with E-state index in [-0.39, 0.29) is 17.6 Å². The lowest BCUT2D eigenvalue weighted by Crippen LogP contribution is -2.38. The lowest BCUT2D eigenvalue weighted by molar-refractivity contribution is 0.0495. The Bertz CT molecular complexity index is 994. The largest absolute Gasteiger partial charge is 0.376 e. The highest BCUT2D eigenvalue weighted by molar-refractivity contribution is 5.94. The number of carbonyl (C=O) groups is 1. The fourth-order valence-corrected chi connectivity index (χ4v) is 3.75. The van der Waals surface area contributed by atoms with E-state index in [4.69, 9.17) is 4.74 Å². The lowest BCUT2D eigenvalue weighted by atomic mass is 10.1. The fraction of sp³-hybridized carbons (Fsp3) is 0.333. The number of nitrogens with zero attached hydrogens (tertiary/aromatic N) is 3. The van der Waals surface area contributed by atoms with Crippen molar-refractivity contribution in [1.82, 2.24) is 14.5 Å². The van der Waals surface area contributed by atoms with Gasteiger partial charge in [0.25, 0.3) is 5.91 Å². The number of amides is 1. The van der Waals surface area contributed by atoms with Crippen LogP contribution in [0, 0.1) is 12.7 Å². The molecule has 0 radical (unpaired) electrons. The third-order valence-electron chi connectivity index (χ3n) is 5.45. The number of rotatable bonds is 7. The summed E-state index contributed by atoms with van der Waals surface area (Å²) in [6.45, 7) is 4.14. The number of hydrogen-bond acceptors (Lipinski definition) is 3. The summed E-state index contributed by atoms with van der Waals surface area (Å²) in [6.07, 6.45) is 5.50. The smallest absolute Gasteiger partial charge is 0.257 e. The normalized spacial score (nSPS) is 16.0. The number of aryl methyl sites for hydroxylation is 1. The van der Waals surface area contributed by atoms with Gasteiger partial charge in [0, 0.05) is 32.1 Å². The molecule has 1 fully saturated rings. The topological polar surface area (TPSA) is 47.4 Å². The highest BCUT2D eigenvalue weighted by atomic mass is 19.1. The highest BCUT2D eigenvalue weighted by Crippen LogP contribution is 2.19. The Labute approximate surface area is 176 Å². The van der Waals surface area contributed by atoms with Gasteiger partial charge in [0.05, 0.1) is 18.2 Å². The minimum atomic E-state index is -0.511. The standard InChI is InChI=1S/C24H26FN3O2/c1-18-8-10-19(11-9-18)15-27-13-12-26-23(27)17-28(16-20-5-4-14-30-20)24(29)21-6-2-3-7-22(21)25/h2-3,6-13,20H,4-5,14-17H2,1H3.